The number of ether oxygens (including phenoxy) is 1. The molecular weight excluding hydrogens is 336 g/mol. The van der Waals surface area contributed by atoms with Crippen LogP contribution in [0.5, 0.6) is 5.75 Å². The van der Waals surface area contributed by atoms with Crippen molar-refractivity contribution in [1.82, 2.24) is 4.90 Å². The highest BCUT2D eigenvalue weighted by Crippen LogP contribution is 2.45. The molecule has 142 valence electrons. The summed E-state index contributed by atoms with van der Waals surface area (Å²) in [7, 11) is 0. The number of piperidine rings is 1. The van der Waals surface area contributed by atoms with Gasteiger partial charge in [0.15, 0.2) is 0 Å². The molecule has 4 heteroatoms. The van der Waals surface area contributed by atoms with Crippen LogP contribution in [0.3, 0.4) is 0 Å². The van der Waals surface area contributed by atoms with Gasteiger partial charge in [0.25, 0.3) is 0 Å². The Morgan fingerprint density at radius 3 is 2.70 bits per heavy atom. The zero-order chi connectivity index (χ0) is 18.9. The van der Waals surface area contributed by atoms with Gasteiger partial charge in [-0.05, 0) is 43.4 Å². The molecule has 1 spiro atoms. The average molecular weight is 364 g/mol. The van der Waals surface area contributed by atoms with Crippen LogP contribution in [0.2, 0.25) is 0 Å². The van der Waals surface area contributed by atoms with E-state index in [1.807, 2.05) is 17.0 Å². The molecule has 27 heavy (non-hydrogen) atoms. The van der Waals surface area contributed by atoms with E-state index in [1.54, 1.807) is 0 Å². The van der Waals surface area contributed by atoms with Crippen LogP contribution in [0.1, 0.15) is 41.5 Å². The summed E-state index contributed by atoms with van der Waals surface area (Å²) in [6.07, 6.45) is 3.32. The van der Waals surface area contributed by atoms with Gasteiger partial charge in [-0.15, -0.1) is 0 Å². The van der Waals surface area contributed by atoms with E-state index >= 15 is 0 Å². The minimum Gasteiger partial charge on any atom is -0.492 e. The van der Waals surface area contributed by atoms with Gasteiger partial charge in [0.1, 0.15) is 5.75 Å². The standard InChI is InChI=1S/C23H28N2O2/c1-17-3-2-4-18(13-17)6-8-22(26)25-11-9-23(10-12-25)16-27-21-7-5-19(15-24)14-20(21)23/h2-5,7,13-14H,6,8-12,15-16,24H2,1H3. The quantitative estimate of drug-likeness (QED) is 0.905. The van der Waals surface area contributed by atoms with E-state index in [1.165, 1.54) is 16.7 Å². The van der Waals surface area contributed by atoms with E-state index in [0.29, 0.717) is 13.0 Å². The molecule has 0 atom stereocenters. The molecule has 2 aliphatic heterocycles. The molecule has 4 rings (SSSR count). The molecule has 4 nitrogen and oxygen atoms in total. The molecule has 0 aliphatic carbocycles. The Hall–Kier alpha value is -2.33. The lowest BCUT2D eigenvalue weighted by Gasteiger charge is -2.38. The van der Waals surface area contributed by atoms with Crippen molar-refractivity contribution in [3.63, 3.8) is 0 Å². The summed E-state index contributed by atoms with van der Waals surface area (Å²) < 4.78 is 5.96. The SMILES string of the molecule is Cc1cccc(CCC(=O)N2CCC3(CC2)COc2ccc(CN)cc23)c1. The van der Waals surface area contributed by atoms with E-state index in [0.717, 1.165) is 50.3 Å². The smallest absolute Gasteiger partial charge is 0.222 e. The Balaban J connectivity index is 1.38. The molecule has 2 aromatic carbocycles. The number of carbonyl (C=O) groups excluding carboxylic acids is 1. The van der Waals surface area contributed by atoms with Gasteiger partial charge in [0.05, 0.1) is 6.61 Å². The van der Waals surface area contributed by atoms with Gasteiger partial charge < -0.3 is 15.4 Å². The van der Waals surface area contributed by atoms with Crippen molar-refractivity contribution in [1.29, 1.82) is 0 Å². The molecule has 2 heterocycles. The minimum atomic E-state index is 0.0494. The summed E-state index contributed by atoms with van der Waals surface area (Å²) in [6, 6.07) is 14.7. The predicted molar refractivity (Wildman–Crippen MR) is 107 cm³/mol. The number of hydrogen-bond acceptors (Lipinski definition) is 3. The lowest BCUT2D eigenvalue weighted by atomic mass is 9.74. The van der Waals surface area contributed by atoms with Crippen LogP contribution in [-0.2, 0) is 23.2 Å². The predicted octanol–water partition coefficient (Wildman–Crippen LogP) is 3.34. The summed E-state index contributed by atoms with van der Waals surface area (Å²) in [5, 5.41) is 0. The number of amides is 1. The normalized spacial score (nSPS) is 17.6. The van der Waals surface area contributed by atoms with E-state index < -0.39 is 0 Å². The number of benzene rings is 2. The average Bonchev–Trinajstić information content (AvgIpc) is 3.04. The first-order chi connectivity index (χ1) is 13.1. The number of nitrogens with zero attached hydrogens (tertiary/aromatic N) is 1. The van der Waals surface area contributed by atoms with Crippen molar-refractivity contribution in [3.05, 3.63) is 64.7 Å². The Morgan fingerprint density at radius 2 is 1.96 bits per heavy atom. The van der Waals surface area contributed by atoms with E-state index in [9.17, 15) is 4.79 Å². The van der Waals surface area contributed by atoms with Gasteiger partial charge >= 0.3 is 0 Å². The summed E-state index contributed by atoms with van der Waals surface area (Å²) in [5.74, 6) is 1.26. The zero-order valence-corrected chi connectivity index (χ0v) is 16.0. The fourth-order valence-electron chi connectivity index (χ4n) is 4.41. The highest BCUT2D eigenvalue weighted by molar-refractivity contribution is 5.76. The largest absolute Gasteiger partial charge is 0.492 e. The maximum Gasteiger partial charge on any atom is 0.222 e. The Morgan fingerprint density at radius 1 is 1.15 bits per heavy atom. The van der Waals surface area contributed by atoms with Crippen molar-refractivity contribution < 1.29 is 9.53 Å². The lowest BCUT2D eigenvalue weighted by molar-refractivity contribution is -0.132. The summed E-state index contributed by atoms with van der Waals surface area (Å²) >= 11 is 0. The number of aryl methyl sites for hydroxylation is 2. The number of hydrogen-bond donors (Lipinski definition) is 1. The number of nitrogens with two attached hydrogens (primary N) is 1. The molecule has 0 radical (unpaired) electrons. The van der Waals surface area contributed by atoms with Gasteiger partial charge in [-0.2, -0.15) is 0 Å². The molecule has 2 aromatic rings. The summed E-state index contributed by atoms with van der Waals surface area (Å²) in [6.45, 7) is 4.98. The second-order valence-corrected chi connectivity index (χ2v) is 7.97. The Labute approximate surface area is 161 Å². The van der Waals surface area contributed by atoms with E-state index in [4.69, 9.17) is 10.5 Å². The van der Waals surface area contributed by atoms with Gasteiger partial charge in [-0.25, -0.2) is 0 Å². The van der Waals surface area contributed by atoms with Gasteiger partial charge in [-0.1, -0.05) is 42.0 Å². The first-order valence-electron chi connectivity index (χ1n) is 9.89. The highest BCUT2D eigenvalue weighted by Gasteiger charge is 2.43. The van der Waals surface area contributed by atoms with Crippen LogP contribution in [-0.4, -0.2) is 30.5 Å². The van der Waals surface area contributed by atoms with E-state index in [2.05, 4.69) is 37.3 Å². The van der Waals surface area contributed by atoms with Gasteiger partial charge in [0.2, 0.25) is 5.91 Å². The first-order valence-corrected chi connectivity index (χ1v) is 9.89. The first kappa shape index (κ1) is 18.1. The second kappa shape index (κ2) is 7.35. The zero-order valence-electron chi connectivity index (χ0n) is 16.0. The fraction of sp³-hybridized carbons (Fsp3) is 0.435. The van der Waals surface area contributed by atoms with Crippen LogP contribution >= 0.6 is 0 Å². The van der Waals surface area contributed by atoms with Crippen molar-refractivity contribution >= 4 is 5.91 Å². The molecular formula is C23H28N2O2. The van der Waals surface area contributed by atoms with Crippen LogP contribution in [0.15, 0.2) is 42.5 Å². The van der Waals surface area contributed by atoms with Crippen molar-refractivity contribution in [2.45, 2.75) is 44.6 Å². The molecule has 0 aromatic heterocycles. The summed E-state index contributed by atoms with van der Waals surface area (Å²) in [5.41, 5.74) is 10.8. The summed E-state index contributed by atoms with van der Waals surface area (Å²) in [4.78, 5) is 14.7. The third kappa shape index (κ3) is 3.59. The van der Waals surface area contributed by atoms with E-state index in [-0.39, 0.29) is 11.3 Å². The monoisotopic (exact) mass is 364 g/mol. The molecule has 0 saturated carbocycles. The molecule has 0 unspecified atom stereocenters. The maximum atomic E-state index is 12.7. The third-order valence-electron chi connectivity index (χ3n) is 6.14. The van der Waals surface area contributed by atoms with Gasteiger partial charge in [0, 0.05) is 37.0 Å². The fourth-order valence-corrected chi connectivity index (χ4v) is 4.41. The van der Waals surface area contributed by atoms with Crippen molar-refractivity contribution in [3.8, 4) is 5.75 Å². The molecule has 2 aliphatic rings. The lowest BCUT2D eigenvalue weighted by Crippen LogP contribution is -2.46. The van der Waals surface area contributed by atoms with Crippen molar-refractivity contribution in [2.24, 2.45) is 5.73 Å². The second-order valence-electron chi connectivity index (χ2n) is 7.97. The third-order valence-corrected chi connectivity index (χ3v) is 6.14. The highest BCUT2D eigenvalue weighted by atomic mass is 16.5. The number of carbonyl (C=O) groups is 1. The molecule has 0 bridgehead atoms. The Bertz CT molecular complexity index is 838. The Kier molecular flexibility index (Phi) is 4.92. The molecule has 1 saturated heterocycles. The molecule has 1 fully saturated rings. The molecule has 1 amide bonds. The maximum absolute atomic E-state index is 12.7. The van der Waals surface area contributed by atoms with Gasteiger partial charge in [-0.3, -0.25) is 4.79 Å². The number of fused-ring (bicyclic) bond motifs is 2. The number of likely N-dealkylation sites (tertiary alicyclic amines) is 1. The molecule has 2 N–H and O–H groups in total. The topological polar surface area (TPSA) is 55.6 Å². The van der Waals surface area contributed by atoms with Crippen molar-refractivity contribution in [2.75, 3.05) is 19.7 Å². The van der Waals surface area contributed by atoms with Crippen LogP contribution < -0.4 is 10.5 Å². The van der Waals surface area contributed by atoms with Crippen LogP contribution in [0.4, 0.5) is 0 Å². The van der Waals surface area contributed by atoms with Crippen LogP contribution in [0, 0.1) is 6.92 Å². The minimum absolute atomic E-state index is 0.0494. The van der Waals surface area contributed by atoms with Crippen LogP contribution in [0.25, 0.3) is 0 Å². The number of rotatable bonds is 4.